The van der Waals surface area contributed by atoms with E-state index in [0.29, 0.717) is 6.04 Å². The molecule has 0 aliphatic rings. The van der Waals surface area contributed by atoms with Crippen LogP contribution in [0.25, 0.3) is 0 Å². The van der Waals surface area contributed by atoms with E-state index in [-0.39, 0.29) is 0 Å². The fourth-order valence-corrected chi connectivity index (χ4v) is 3.29. The number of halogens is 1. The van der Waals surface area contributed by atoms with Crippen LogP contribution in [0.4, 0.5) is 0 Å². The van der Waals surface area contributed by atoms with Crippen LogP contribution in [0.5, 0.6) is 0 Å². The SMILES string of the molecule is CCCCCCCC(Cc1c(Br)c(CC)nn1C)NN. The van der Waals surface area contributed by atoms with Gasteiger partial charge in [-0.2, -0.15) is 5.10 Å². The Kier molecular flexibility index (Phi) is 8.41. The molecule has 4 nitrogen and oxygen atoms in total. The minimum atomic E-state index is 0.327. The van der Waals surface area contributed by atoms with Crippen molar-refractivity contribution in [3.8, 4) is 0 Å². The van der Waals surface area contributed by atoms with Gasteiger partial charge in [-0.25, -0.2) is 0 Å². The van der Waals surface area contributed by atoms with Gasteiger partial charge < -0.3 is 0 Å². The number of aryl methyl sites for hydroxylation is 2. The zero-order valence-corrected chi connectivity index (χ0v) is 14.7. The lowest BCUT2D eigenvalue weighted by molar-refractivity contribution is 0.450. The van der Waals surface area contributed by atoms with Gasteiger partial charge in [0.05, 0.1) is 15.9 Å². The van der Waals surface area contributed by atoms with Gasteiger partial charge in [0.25, 0.3) is 0 Å². The number of nitrogens with zero attached hydrogens (tertiary/aromatic N) is 2. The molecule has 1 heterocycles. The molecule has 0 bridgehead atoms. The maximum atomic E-state index is 5.71. The average Bonchev–Trinajstić information content (AvgIpc) is 2.72. The molecule has 1 aromatic rings. The van der Waals surface area contributed by atoms with Crippen molar-refractivity contribution in [2.75, 3.05) is 0 Å². The van der Waals surface area contributed by atoms with Crippen molar-refractivity contribution < 1.29 is 0 Å². The molecule has 0 aromatic carbocycles. The maximum Gasteiger partial charge on any atom is 0.0766 e. The minimum Gasteiger partial charge on any atom is -0.271 e. The predicted molar refractivity (Wildman–Crippen MR) is 88.5 cm³/mol. The molecule has 1 unspecified atom stereocenters. The number of nitrogens with one attached hydrogen (secondary N) is 1. The Balaban J connectivity index is 2.49. The lowest BCUT2D eigenvalue weighted by Crippen LogP contribution is -2.37. The number of aromatic nitrogens is 2. The van der Waals surface area contributed by atoms with Gasteiger partial charge in [-0.3, -0.25) is 16.0 Å². The molecule has 5 heteroatoms. The van der Waals surface area contributed by atoms with Gasteiger partial charge in [0.15, 0.2) is 0 Å². The van der Waals surface area contributed by atoms with Crippen LogP contribution in [0.15, 0.2) is 4.47 Å². The van der Waals surface area contributed by atoms with Gasteiger partial charge in [-0.05, 0) is 28.8 Å². The average molecular weight is 345 g/mol. The van der Waals surface area contributed by atoms with Crippen LogP contribution < -0.4 is 11.3 Å². The van der Waals surface area contributed by atoms with E-state index in [1.807, 2.05) is 11.7 Å². The van der Waals surface area contributed by atoms with Crippen molar-refractivity contribution in [2.24, 2.45) is 12.9 Å². The molecule has 0 saturated carbocycles. The molecule has 0 aliphatic carbocycles. The molecule has 116 valence electrons. The van der Waals surface area contributed by atoms with E-state index in [2.05, 4.69) is 40.3 Å². The molecule has 0 spiro atoms. The van der Waals surface area contributed by atoms with Crippen molar-refractivity contribution in [2.45, 2.75) is 71.3 Å². The molecular formula is C15H29BrN4. The lowest BCUT2D eigenvalue weighted by atomic mass is 10.0. The van der Waals surface area contributed by atoms with E-state index >= 15 is 0 Å². The highest BCUT2D eigenvalue weighted by Gasteiger charge is 2.16. The number of rotatable bonds is 10. The van der Waals surface area contributed by atoms with Crippen molar-refractivity contribution >= 4 is 15.9 Å². The van der Waals surface area contributed by atoms with Crippen LogP contribution in [-0.2, 0) is 19.9 Å². The second-order valence-electron chi connectivity index (χ2n) is 5.46. The molecule has 0 radical (unpaired) electrons. The molecular weight excluding hydrogens is 316 g/mol. The zero-order chi connectivity index (χ0) is 15.0. The predicted octanol–water partition coefficient (Wildman–Crippen LogP) is 3.48. The molecule has 0 fully saturated rings. The first kappa shape index (κ1) is 17.7. The van der Waals surface area contributed by atoms with E-state index in [0.717, 1.165) is 29.4 Å². The number of hydrazine groups is 1. The molecule has 1 atom stereocenters. The zero-order valence-electron chi connectivity index (χ0n) is 13.1. The number of unbranched alkanes of at least 4 members (excludes halogenated alkanes) is 4. The van der Waals surface area contributed by atoms with Gasteiger partial charge in [-0.15, -0.1) is 0 Å². The van der Waals surface area contributed by atoms with Crippen LogP contribution in [0.1, 0.15) is 63.8 Å². The Labute approximate surface area is 131 Å². The Morgan fingerprint density at radius 1 is 1.25 bits per heavy atom. The number of hydrogen-bond donors (Lipinski definition) is 2. The summed E-state index contributed by atoms with van der Waals surface area (Å²) in [6, 6.07) is 0.327. The summed E-state index contributed by atoms with van der Waals surface area (Å²) < 4.78 is 3.12. The van der Waals surface area contributed by atoms with Crippen molar-refractivity contribution in [1.82, 2.24) is 15.2 Å². The summed E-state index contributed by atoms with van der Waals surface area (Å²) in [6.45, 7) is 4.37. The first-order valence-electron chi connectivity index (χ1n) is 7.80. The summed E-state index contributed by atoms with van der Waals surface area (Å²) in [6.07, 6.45) is 9.51. The summed E-state index contributed by atoms with van der Waals surface area (Å²) in [5, 5.41) is 4.54. The van der Waals surface area contributed by atoms with E-state index in [1.165, 1.54) is 37.8 Å². The third-order valence-corrected chi connectivity index (χ3v) is 4.75. The van der Waals surface area contributed by atoms with E-state index in [1.54, 1.807) is 0 Å². The molecule has 3 N–H and O–H groups in total. The summed E-state index contributed by atoms with van der Waals surface area (Å²) in [5.74, 6) is 5.71. The molecule has 20 heavy (non-hydrogen) atoms. The Morgan fingerprint density at radius 3 is 2.50 bits per heavy atom. The highest BCUT2D eigenvalue weighted by molar-refractivity contribution is 9.10. The van der Waals surface area contributed by atoms with Crippen LogP contribution in [0, 0.1) is 0 Å². The summed E-state index contributed by atoms with van der Waals surface area (Å²) in [5.41, 5.74) is 5.32. The van der Waals surface area contributed by atoms with E-state index in [9.17, 15) is 0 Å². The Hall–Kier alpha value is -0.390. The minimum absolute atomic E-state index is 0.327. The second-order valence-corrected chi connectivity index (χ2v) is 6.25. The highest BCUT2D eigenvalue weighted by Crippen LogP contribution is 2.23. The quantitative estimate of drug-likeness (QED) is 0.388. The van der Waals surface area contributed by atoms with Crippen molar-refractivity contribution in [3.63, 3.8) is 0 Å². The molecule has 0 amide bonds. The van der Waals surface area contributed by atoms with E-state index in [4.69, 9.17) is 5.84 Å². The molecule has 1 aromatic heterocycles. The third-order valence-electron chi connectivity index (χ3n) is 3.83. The molecule has 0 saturated heterocycles. The Bertz CT molecular complexity index is 389. The van der Waals surface area contributed by atoms with Gasteiger partial charge >= 0.3 is 0 Å². The third kappa shape index (κ3) is 5.19. The largest absolute Gasteiger partial charge is 0.271 e. The molecule has 1 rings (SSSR count). The number of nitrogens with two attached hydrogens (primary N) is 1. The highest BCUT2D eigenvalue weighted by atomic mass is 79.9. The van der Waals surface area contributed by atoms with Crippen LogP contribution in [-0.4, -0.2) is 15.8 Å². The summed E-state index contributed by atoms with van der Waals surface area (Å²) >= 11 is 3.67. The maximum absolute atomic E-state index is 5.71. The fourth-order valence-electron chi connectivity index (χ4n) is 2.51. The smallest absolute Gasteiger partial charge is 0.0766 e. The van der Waals surface area contributed by atoms with Crippen molar-refractivity contribution in [3.05, 3.63) is 15.9 Å². The standard InChI is InChI=1S/C15H29BrN4/c1-4-6-7-8-9-10-12(18-17)11-14-15(16)13(5-2)19-20(14)3/h12,18H,4-11,17H2,1-3H3. The van der Waals surface area contributed by atoms with Gasteiger partial charge in [0.2, 0.25) is 0 Å². The Morgan fingerprint density at radius 2 is 1.95 bits per heavy atom. The molecule has 0 aliphatic heterocycles. The van der Waals surface area contributed by atoms with Crippen molar-refractivity contribution in [1.29, 1.82) is 0 Å². The monoisotopic (exact) mass is 344 g/mol. The second kappa shape index (κ2) is 9.53. The normalized spacial score (nSPS) is 12.8. The topological polar surface area (TPSA) is 55.9 Å². The van der Waals surface area contributed by atoms with Gasteiger partial charge in [-0.1, -0.05) is 46.0 Å². The van der Waals surface area contributed by atoms with Gasteiger partial charge in [0, 0.05) is 19.5 Å². The van der Waals surface area contributed by atoms with Crippen LogP contribution >= 0.6 is 15.9 Å². The van der Waals surface area contributed by atoms with Crippen LogP contribution in [0.3, 0.4) is 0 Å². The summed E-state index contributed by atoms with van der Waals surface area (Å²) in [7, 11) is 2.01. The first-order chi connectivity index (χ1) is 9.63. The van der Waals surface area contributed by atoms with E-state index < -0.39 is 0 Å². The van der Waals surface area contributed by atoms with Gasteiger partial charge in [0.1, 0.15) is 0 Å². The summed E-state index contributed by atoms with van der Waals surface area (Å²) in [4.78, 5) is 0. The fraction of sp³-hybridized carbons (Fsp3) is 0.800. The van der Waals surface area contributed by atoms with Crippen LogP contribution in [0.2, 0.25) is 0 Å². The first-order valence-corrected chi connectivity index (χ1v) is 8.59. The number of hydrogen-bond acceptors (Lipinski definition) is 3. The lowest BCUT2D eigenvalue weighted by Gasteiger charge is -2.16.